The first-order valence-corrected chi connectivity index (χ1v) is 7.24. The van der Waals surface area contributed by atoms with Crippen molar-refractivity contribution in [2.75, 3.05) is 12.3 Å². The Balaban J connectivity index is 0.00000200. The third kappa shape index (κ3) is 3.89. The summed E-state index contributed by atoms with van der Waals surface area (Å²) in [5.41, 5.74) is 9.96. The van der Waals surface area contributed by atoms with Gasteiger partial charge in [-0.05, 0) is 58.1 Å². The summed E-state index contributed by atoms with van der Waals surface area (Å²) in [5, 5.41) is 9.64. The summed E-state index contributed by atoms with van der Waals surface area (Å²) in [7, 11) is 0. The highest BCUT2D eigenvalue weighted by Gasteiger charge is 2.10. The van der Waals surface area contributed by atoms with Gasteiger partial charge in [-0.25, -0.2) is 0 Å². The molecule has 0 atom stereocenters. The molecule has 2 rings (SSSR count). The lowest BCUT2D eigenvalue weighted by Crippen LogP contribution is -1.98. The van der Waals surface area contributed by atoms with E-state index in [9.17, 15) is 0 Å². The van der Waals surface area contributed by atoms with E-state index in [4.69, 9.17) is 22.4 Å². The van der Waals surface area contributed by atoms with Gasteiger partial charge in [-0.3, -0.25) is 0 Å². The van der Waals surface area contributed by atoms with Crippen molar-refractivity contribution < 1.29 is 5.11 Å². The van der Waals surface area contributed by atoms with Gasteiger partial charge in [-0.1, -0.05) is 29.8 Å². The Kier molecular flexibility index (Phi) is 6.83. The van der Waals surface area contributed by atoms with Crippen molar-refractivity contribution in [3.05, 3.63) is 51.5 Å². The van der Waals surface area contributed by atoms with Crippen molar-refractivity contribution in [2.45, 2.75) is 12.8 Å². The van der Waals surface area contributed by atoms with E-state index in [2.05, 4.69) is 15.9 Å². The van der Waals surface area contributed by atoms with E-state index in [1.54, 1.807) is 0 Å². The minimum atomic E-state index is 0. The molecule has 0 spiro atoms. The molecule has 0 aliphatic rings. The highest BCUT2D eigenvalue weighted by Crippen LogP contribution is 2.34. The first kappa shape index (κ1) is 17.3. The Labute approximate surface area is 138 Å². The molecule has 0 unspecified atom stereocenters. The number of aliphatic hydroxyl groups excluding tert-OH is 1. The van der Waals surface area contributed by atoms with Gasteiger partial charge in [0.25, 0.3) is 0 Å². The highest BCUT2D eigenvalue weighted by molar-refractivity contribution is 9.10. The molecule has 2 aromatic carbocycles. The molecule has 0 heterocycles. The van der Waals surface area contributed by atoms with Crippen LogP contribution >= 0.6 is 39.9 Å². The molecule has 0 aliphatic carbocycles. The average molecular weight is 377 g/mol. The maximum absolute atomic E-state index is 8.98. The molecular weight excluding hydrogens is 361 g/mol. The van der Waals surface area contributed by atoms with E-state index in [1.807, 2.05) is 36.4 Å². The van der Waals surface area contributed by atoms with Crippen molar-refractivity contribution >= 4 is 45.6 Å². The van der Waals surface area contributed by atoms with Crippen LogP contribution in [0.2, 0.25) is 5.02 Å². The standard InChI is InChI=1S/C15H15BrClNO.ClH/c16-12-7-6-11(9-13(12)17)15-10(4-2-8-19)3-1-5-14(15)18;/h1,3,5-7,9,19H,2,4,8,18H2;1H. The van der Waals surface area contributed by atoms with Crippen LogP contribution < -0.4 is 5.73 Å². The van der Waals surface area contributed by atoms with Crippen LogP contribution in [0.3, 0.4) is 0 Å². The van der Waals surface area contributed by atoms with Crippen LogP contribution in [0, 0.1) is 0 Å². The Morgan fingerprint density at radius 2 is 1.95 bits per heavy atom. The summed E-state index contributed by atoms with van der Waals surface area (Å²) in [6.07, 6.45) is 1.52. The van der Waals surface area contributed by atoms with Gasteiger partial charge in [-0.2, -0.15) is 0 Å². The number of nitrogens with two attached hydrogens (primary N) is 1. The van der Waals surface area contributed by atoms with Crippen molar-refractivity contribution in [2.24, 2.45) is 0 Å². The largest absolute Gasteiger partial charge is 0.398 e. The van der Waals surface area contributed by atoms with Crippen LogP contribution in [0.5, 0.6) is 0 Å². The maximum atomic E-state index is 8.98. The molecule has 20 heavy (non-hydrogen) atoms. The number of rotatable bonds is 4. The molecule has 0 radical (unpaired) electrons. The number of aliphatic hydroxyl groups is 1. The Hall–Kier alpha value is -0.740. The van der Waals surface area contributed by atoms with E-state index in [-0.39, 0.29) is 19.0 Å². The monoisotopic (exact) mass is 375 g/mol. The van der Waals surface area contributed by atoms with Crippen LogP contribution in [-0.4, -0.2) is 11.7 Å². The lowest BCUT2D eigenvalue weighted by molar-refractivity contribution is 0.288. The number of halogens is 3. The van der Waals surface area contributed by atoms with Gasteiger partial charge < -0.3 is 10.8 Å². The first-order valence-electron chi connectivity index (χ1n) is 6.07. The van der Waals surface area contributed by atoms with Crippen molar-refractivity contribution in [1.29, 1.82) is 0 Å². The van der Waals surface area contributed by atoms with Gasteiger partial charge in [0.05, 0.1) is 5.02 Å². The second kappa shape index (κ2) is 7.89. The predicted molar refractivity (Wildman–Crippen MR) is 91.7 cm³/mol. The number of benzene rings is 2. The molecular formula is C15H16BrCl2NO. The molecule has 2 aromatic rings. The summed E-state index contributed by atoms with van der Waals surface area (Å²) in [6, 6.07) is 11.7. The zero-order valence-electron chi connectivity index (χ0n) is 10.8. The van der Waals surface area contributed by atoms with Gasteiger partial charge in [-0.15, -0.1) is 12.4 Å². The fourth-order valence-corrected chi connectivity index (χ4v) is 2.53. The van der Waals surface area contributed by atoms with Crippen molar-refractivity contribution in [3.63, 3.8) is 0 Å². The zero-order valence-corrected chi connectivity index (χ0v) is 13.9. The minimum Gasteiger partial charge on any atom is -0.398 e. The molecule has 108 valence electrons. The van der Waals surface area contributed by atoms with Gasteiger partial charge in [0.1, 0.15) is 0 Å². The van der Waals surface area contributed by atoms with E-state index < -0.39 is 0 Å². The van der Waals surface area contributed by atoms with Crippen LogP contribution in [0.1, 0.15) is 12.0 Å². The molecule has 0 fully saturated rings. The highest BCUT2D eigenvalue weighted by atomic mass is 79.9. The average Bonchev–Trinajstić information content (AvgIpc) is 2.40. The van der Waals surface area contributed by atoms with Crippen molar-refractivity contribution in [3.8, 4) is 11.1 Å². The Morgan fingerprint density at radius 3 is 2.60 bits per heavy atom. The lowest BCUT2D eigenvalue weighted by atomic mass is 9.95. The molecule has 0 saturated heterocycles. The van der Waals surface area contributed by atoms with E-state index in [1.165, 1.54) is 0 Å². The fourth-order valence-electron chi connectivity index (χ4n) is 2.10. The van der Waals surface area contributed by atoms with E-state index in [0.717, 1.165) is 39.7 Å². The topological polar surface area (TPSA) is 46.2 Å². The minimum absolute atomic E-state index is 0. The summed E-state index contributed by atoms with van der Waals surface area (Å²) < 4.78 is 0.865. The summed E-state index contributed by atoms with van der Waals surface area (Å²) in [4.78, 5) is 0. The molecule has 2 nitrogen and oxygen atoms in total. The van der Waals surface area contributed by atoms with Gasteiger partial charge in [0.15, 0.2) is 0 Å². The number of hydrogen-bond acceptors (Lipinski definition) is 2. The molecule has 0 amide bonds. The summed E-state index contributed by atoms with van der Waals surface area (Å²) in [6.45, 7) is 0.176. The fraction of sp³-hybridized carbons (Fsp3) is 0.200. The van der Waals surface area contributed by atoms with Gasteiger partial charge in [0, 0.05) is 22.3 Å². The number of anilines is 1. The predicted octanol–water partition coefficient (Wildman–Crippen LogP) is 4.70. The molecule has 5 heteroatoms. The number of aryl methyl sites for hydroxylation is 1. The quantitative estimate of drug-likeness (QED) is 0.759. The smallest absolute Gasteiger partial charge is 0.0554 e. The zero-order chi connectivity index (χ0) is 13.8. The van der Waals surface area contributed by atoms with Crippen LogP contribution in [0.4, 0.5) is 5.69 Å². The molecule has 0 aliphatic heterocycles. The normalized spacial score (nSPS) is 10.2. The van der Waals surface area contributed by atoms with Crippen molar-refractivity contribution in [1.82, 2.24) is 0 Å². The molecule has 0 bridgehead atoms. The third-order valence-corrected chi connectivity index (χ3v) is 4.23. The number of nitrogen functional groups attached to an aromatic ring is 1. The Morgan fingerprint density at radius 1 is 1.20 bits per heavy atom. The molecule has 0 aromatic heterocycles. The Bertz CT molecular complexity index is 590. The second-order valence-corrected chi connectivity index (χ2v) is 5.60. The SMILES string of the molecule is Cl.Nc1cccc(CCCO)c1-c1ccc(Br)c(Cl)c1. The van der Waals surface area contributed by atoms with Crippen LogP contribution in [-0.2, 0) is 6.42 Å². The second-order valence-electron chi connectivity index (χ2n) is 4.34. The third-order valence-electron chi connectivity index (χ3n) is 3.00. The van der Waals surface area contributed by atoms with E-state index >= 15 is 0 Å². The summed E-state index contributed by atoms with van der Waals surface area (Å²) in [5.74, 6) is 0. The maximum Gasteiger partial charge on any atom is 0.0554 e. The first-order chi connectivity index (χ1) is 9.13. The van der Waals surface area contributed by atoms with Crippen LogP contribution in [0.15, 0.2) is 40.9 Å². The van der Waals surface area contributed by atoms with Gasteiger partial charge >= 0.3 is 0 Å². The number of hydrogen-bond donors (Lipinski definition) is 2. The molecule has 3 N–H and O–H groups in total. The summed E-state index contributed by atoms with van der Waals surface area (Å²) >= 11 is 9.53. The van der Waals surface area contributed by atoms with Gasteiger partial charge in [0.2, 0.25) is 0 Å². The van der Waals surface area contributed by atoms with Crippen LogP contribution in [0.25, 0.3) is 11.1 Å². The molecule has 0 saturated carbocycles. The van der Waals surface area contributed by atoms with E-state index in [0.29, 0.717) is 5.02 Å². The lowest BCUT2D eigenvalue weighted by Gasteiger charge is -2.13.